The highest BCUT2D eigenvalue weighted by atomic mass is 35.5. The lowest BCUT2D eigenvalue weighted by Gasteiger charge is -2.25. The zero-order valence-corrected chi connectivity index (χ0v) is 13.3. The van der Waals surface area contributed by atoms with Gasteiger partial charge in [-0.2, -0.15) is 5.06 Å². The molecule has 0 aliphatic carbocycles. The van der Waals surface area contributed by atoms with Crippen molar-refractivity contribution in [3.05, 3.63) is 70.0 Å². The molecule has 4 rings (SSSR count). The zero-order chi connectivity index (χ0) is 16.0. The van der Waals surface area contributed by atoms with Gasteiger partial charge in [0.2, 0.25) is 0 Å². The van der Waals surface area contributed by atoms with E-state index in [9.17, 15) is 5.21 Å². The predicted octanol–water partition coefficient (Wildman–Crippen LogP) is 3.26. The molecular formula is C15H11Cl2N5O. The van der Waals surface area contributed by atoms with Crippen molar-refractivity contribution < 1.29 is 5.21 Å². The van der Waals surface area contributed by atoms with E-state index in [4.69, 9.17) is 23.2 Å². The lowest BCUT2D eigenvalue weighted by molar-refractivity contribution is -0.127. The summed E-state index contributed by atoms with van der Waals surface area (Å²) >= 11 is 12.4. The second-order valence-electron chi connectivity index (χ2n) is 5.18. The Balaban J connectivity index is 1.99. The molecule has 1 N–H and O–H groups in total. The van der Waals surface area contributed by atoms with Gasteiger partial charge in [0.05, 0.1) is 17.9 Å². The number of benzene rings is 1. The summed E-state index contributed by atoms with van der Waals surface area (Å²) in [7, 11) is 0. The minimum atomic E-state index is -0.556. The van der Waals surface area contributed by atoms with Gasteiger partial charge in [0.25, 0.3) is 0 Å². The lowest BCUT2D eigenvalue weighted by Crippen LogP contribution is -2.26. The molecule has 3 heterocycles. The first-order valence-electron chi connectivity index (χ1n) is 6.91. The molecule has 0 saturated heterocycles. The molecule has 0 radical (unpaired) electrons. The van der Waals surface area contributed by atoms with Gasteiger partial charge < -0.3 is 5.21 Å². The van der Waals surface area contributed by atoms with Crippen LogP contribution in [0.2, 0.25) is 10.2 Å². The van der Waals surface area contributed by atoms with E-state index in [1.165, 1.54) is 0 Å². The molecule has 1 atom stereocenters. The Hall–Kier alpha value is -1.99. The van der Waals surface area contributed by atoms with Crippen LogP contribution >= 0.6 is 23.2 Å². The second-order valence-corrected chi connectivity index (χ2v) is 5.97. The number of pyridine rings is 1. The molecule has 6 nitrogen and oxygen atoms in total. The van der Waals surface area contributed by atoms with Crippen LogP contribution in [-0.4, -0.2) is 30.0 Å². The third-order valence-corrected chi connectivity index (χ3v) is 4.36. The van der Waals surface area contributed by atoms with Crippen molar-refractivity contribution in [2.75, 3.05) is 0 Å². The Labute approximate surface area is 141 Å². The van der Waals surface area contributed by atoms with E-state index in [2.05, 4.69) is 15.2 Å². The quantitative estimate of drug-likeness (QED) is 0.684. The van der Waals surface area contributed by atoms with Crippen LogP contribution in [-0.2, 0) is 6.54 Å². The minimum Gasteiger partial charge on any atom is -0.313 e. The van der Waals surface area contributed by atoms with Gasteiger partial charge in [-0.25, -0.2) is 4.98 Å². The van der Waals surface area contributed by atoms with Crippen LogP contribution in [0.1, 0.15) is 23.1 Å². The van der Waals surface area contributed by atoms with Crippen LogP contribution < -0.4 is 0 Å². The van der Waals surface area contributed by atoms with E-state index in [0.29, 0.717) is 21.7 Å². The number of rotatable bonds is 1. The number of hydrogen-bond acceptors (Lipinski definition) is 5. The summed E-state index contributed by atoms with van der Waals surface area (Å²) < 4.78 is 1.79. The summed E-state index contributed by atoms with van der Waals surface area (Å²) in [4.78, 5) is 4.43. The van der Waals surface area contributed by atoms with Crippen molar-refractivity contribution in [3.63, 3.8) is 0 Å². The second kappa shape index (κ2) is 5.58. The molecule has 2 aromatic heterocycles. The highest BCUT2D eigenvalue weighted by Crippen LogP contribution is 2.37. The highest BCUT2D eigenvalue weighted by molar-refractivity contribution is 6.31. The minimum absolute atomic E-state index is 0.184. The van der Waals surface area contributed by atoms with Gasteiger partial charge in [0.1, 0.15) is 17.5 Å². The Morgan fingerprint density at radius 3 is 2.78 bits per heavy atom. The number of hydroxylamine groups is 2. The third kappa shape index (κ3) is 2.40. The summed E-state index contributed by atoms with van der Waals surface area (Å²) in [6.45, 7) is 0.184. The standard InChI is InChI=1S/C15H11Cl2N5O/c16-10-4-2-1-3-9(10)15-14-11(5-6-12(17)19-14)21-8-18-20-13(21)7-22(15)23/h1-6,8,15,23H,7H2. The Morgan fingerprint density at radius 2 is 1.96 bits per heavy atom. The molecule has 0 bridgehead atoms. The summed E-state index contributed by atoms with van der Waals surface area (Å²) in [6.07, 6.45) is 1.59. The van der Waals surface area contributed by atoms with Crippen molar-refractivity contribution in [3.8, 4) is 5.69 Å². The van der Waals surface area contributed by atoms with E-state index < -0.39 is 6.04 Å². The highest BCUT2D eigenvalue weighted by Gasteiger charge is 2.32. The molecule has 3 aromatic rings. The number of fused-ring (bicyclic) bond motifs is 3. The first-order valence-corrected chi connectivity index (χ1v) is 7.66. The molecule has 0 amide bonds. The molecule has 1 unspecified atom stereocenters. The van der Waals surface area contributed by atoms with Crippen molar-refractivity contribution in [1.82, 2.24) is 24.8 Å². The van der Waals surface area contributed by atoms with Gasteiger partial charge >= 0.3 is 0 Å². The van der Waals surface area contributed by atoms with Crippen LogP contribution in [0.4, 0.5) is 0 Å². The van der Waals surface area contributed by atoms with Gasteiger partial charge in [-0.1, -0.05) is 41.4 Å². The molecule has 1 aromatic carbocycles. The number of hydrogen-bond donors (Lipinski definition) is 1. The topological polar surface area (TPSA) is 67.1 Å². The lowest BCUT2D eigenvalue weighted by atomic mass is 10.0. The Morgan fingerprint density at radius 1 is 1.13 bits per heavy atom. The van der Waals surface area contributed by atoms with Crippen LogP contribution in [0.15, 0.2) is 42.7 Å². The molecule has 0 saturated carbocycles. The number of nitrogens with zero attached hydrogens (tertiary/aromatic N) is 5. The SMILES string of the molecule is ON1Cc2nncn2-c2ccc(Cl)nc2C1c1ccccc1Cl. The van der Waals surface area contributed by atoms with Crippen molar-refractivity contribution in [2.24, 2.45) is 0 Å². The average molecular weight is 348 g/mol. The molecule has 23 heavy (non-hydrogen) atoms. The van der Waals surface area contributed by atoms with E-state index in [1.807, 2.05) is 24.3 Å². The molecular weight excluding hydrogens is 337 g/mol. The van der Waals surface area contributed by atoms with Gasteiger partial charge in [0.15, 0.2) is 5.82 Å². The fraction of sp³-hybridized carbons (Fsp3) is 0.133. The van der Waals surface area contributed by atoms with Crippen LogP contribution in [0.3, 0.4) is 0 Å². The molecule has 0 spiro atoms. The van der Waals surface area contributed by atoms with Crippen LogP contribution in [0.25, 0.3) is 5.69 Å². The predicted molar refractivity (Wildman–Crippen MR) is 84.8 cm³/mol. The average Bonchev–Trinajstić information content (AvgIpc) is 2.94. The van der Waals surface area contributed by atoms with E-state index in [-0.39, 0.29) is 6.54 Å². The Bertz CT molecular complexity index is 882. The smallest absolute Gasteiger partial charge is 0.154 e. The molecule has 8 heteroatoms. The number of aromatic nitrogens is 4. The summed E-state index contributed by atoms with van der Waals surface area (Å²) in [5.41, 5.74) is 2.09. The fourth-order valence-corrected chi connectivity index (χ4v) is 3.19. The molecule has 0 fully saturated rings. The Kier molecular flexibility index (Phi) is 3.54. The van der Waals surface area contributed by atoms with E-state index in [1.54, 1.807) is 23.0 Å². The first-order chi connectivity index (χ1) is 11.1. The van der Waals surface area contributed by atoms with Crippen molar-refractivity contribution >= 4 is 23.2 Å². The molecule has 116 valence electrons. The molecule has 1 aliphatic heterocycles. The van der Waals surface area contributed by atoms with Crippen LogP contribution in [0.5, 0.6) is 0 Å². The summed E-state index contributed by atoms with van der Waals surface area (Å²) in [6, 6.07) is 10.3. The maximum absolute atomic E-state index is 10.6. The van der Waals surface area contributed by atoms with Crippen LogP contribution in [0, 0.1) is 0 Å². The summed E-state index contributed by atoms with van der Waals surface area (Å²) in [5, 5.41) is 20.6. The third-order valence-electron chi connectivity index (χ3n) is 3.81. The molecule has 1 aliphatic rings. The zero-order valence-electron chi connectivity index (χ0n) is 11.8. The normalized spacial score (nSPS) is 17.4. The largest absolute Gasteiger partial charge is 0.313 e. The fourth-order valence-electron chi connectivity index (χ4n) is 2.80. The first kappa shape index (κ1) is 14.6. The van der Waals surface area contributed by atoms with Crippen molar-refractivity contribution in [1.29, 1.82) is 0 Å². The van der Waals surface area contributed by atoms with Gasteiger partial charge in [0, 0.05) is 5.02 Å². The maximum atomic E-state index is 10.6. The van der Waals surface area contributed by atoms with E-state index >= 15 is 0 Å². The van der Waals surface area contributed by atoms with Gasteiger partial charge in [-0.3, -0.25) is 4.57 Å². The van der Waals surface area contributed by atoms with Gasteiger partial charge in [-0.15, -0.1) is 10.2 Å². The number of halogens is 2. The summed E-state index contributed by atoms with van der Waals surface area (Å²) in [5.74, 6) is 0.604. The monoisotopic (exact) mass is 347 g/mol. The van der Waals surface area contributed by atoms with Crippen molar-refractivity contribution in [2.45, 2.75) is 12.6 Å². The maximum Gasteiger partial charge on any atom is 0.154 e. The van der Waals surface area contributed by atoms with E-state index in [0.717, 1.165) is 16.3 Å². The van der Waals surface area contributed by atoms with Gasteiger partial charge in [-0.05, 0) is 23.8 Å².